The molecular formula is C15H15Cl2N3O. The smallest absolute Gasteiger partial charge is 0.249 e. The van der Waals surface area contributed by atoms with E-state index < -0.39 is 0 Å². The Morgan fingerprint density at radius 2 is 2.05 bits per heavy atom. The quantitative estimate of drug-likeness (QED) is 0.846. The molecule has 0 aliphatic rings. The van der Waals surface area contributed by atoms with Gasteiger partial charge in [0.25, 0.3) is 0 Å². The van der Waals surface area contributed by atoms with Gasteiger partial charge in [-0.05, 0) is 37.6 Å². The van der Waals surface area contributed by atoms with Gasteiger partial charge in [-0.2, -0.15) is 5.10 Å². The van der Waals surface area contributed by atoms with Gasteiger partial charge < -0.3 is 5.32 Å². The number of anilines is 1. The minimum Gasteiger partial charge on any atom is -0.307 e. The Morgan fingerprint density at radius 3 is 2.71 bits per heavy atom. The molecule has 0 spiro atoms. The summed E-state index contributed by atoms with van der Waals surface area (Å²) < 4.78 is 1.74. The van der Waals surface area contributed by atoms with Gasteiger partial charge in [0.2, 0.25) is 5.91 Å². The van der Waals surface area contributed by atoms with Gasteiger partial charge in [-0.15, -0.1) is 0 Å². The molecule has 1 aromatic heterocycles. The number of amides is 1. The summed E-state index contributed by atoms with van der Waals surface area (Å²) in [4.78, 5) is 11.9. The number of hydrogen-bond donors (Lipinski definition) is 1. The molecule has 0 unspecified atom stereocenters. The molecular weight excluding hydrogens is 309 g/mol. The van der Waals surface area contributed by atoms with Gasteiger partial charge in [0.15, 0.2) is 0 Å². The van der Waals surface area contributed by atoms with E-state index in [1.54, 1.807) is 41.2 Å². The summed E-state index contributed by atoms with van der Waals surface area (Å²) in [6, 6.07) is 7.11. The first-order valence-electron chi connectivity index (χ1n) is 6.45. The maximum Gasteiger partial charge on any atom is 0.249 e. The lowest BCUT2D eigenvalue weighted by Gasteiger charge is -2.10. The number of rotatable bonds is 4. The van der Waals surface area contributed by atoms with Crippen LogP contribution in [0.2, 0.25) is 10.0 Å². The van der Waals surface area contributed by atoms with Crippen molar-refractivity contribution in [1.82, 2.24) is 9.78 Å². The zero-order valence-corrected chi connectivity index (χ0v) is 13.2. The number of carbonyl (C=O) groups is 1. The molecule has 2 aromatic rings. The Hall–Kier alpha value is -1.78. The number of benzene rings is 1. The number of nitrogens with one attached hydrogen (secondary N) is 1. The van der Waals surface area contributed by atoms with E-state index in [9.17, 15) is 4.79 Å². The predicted octanol–water partition coefficient (Wildman–Crippen LogP) is 4.42. The second-order valence-electron chi connectivity index (χ2n) is 4.75. The molecule has 0 saturated heterocycles. The van der Waals surface area contributed by atoms with Crippen molar-refractivity contribution in [2.75, 3.05) is 5.32 Å². The minimum atomic E-state index is -0.233. The van der Waals surface area contributed by atoms with E-state index >= 15 is 0 Å². The molecule has 0 aliphatic heterocycles. The molecule has 6 heteroatoms. The van der Waals surface area contributed by atoms with E-state index in [1.807, 2.05) is 13.8 Å². The first-order valence-corrected chi connectivity index (χ1v) is 7.20. The summed E-state index contributed by atoms with van der Waals surface area (Å²) in [5.41, 5.74) is 0.803. The molecule has 0 bridgehead atoms. The molecule has 110 valence electrons. The number of halogens is 2. The standard InChI is InChI=1S/C15H15Cl2N3O/c1-10(2)20-14(7-8-18-20)19-15(21)6-4-11-3-5-12(16)13(17)9-11/h3-10H,1-2H3,(H,19,21)/b6-4+. The van der Waals surface area contributed by atoms with Crippen LogP contribution in [0.4, 0.5) is 5.82 Å². The lowest BCUT2D eigenvalue weighted by atomic mass is 10.2. The summed E-state index contributed by atoms with van der Waals surface area (Å²) >= 11 is 11.8. The molecule has 0 aliphatic carbocycles. The Bertz CT molecular complexity index is 677. The Balaban J connectivity index is 2.05. The van der Waals surface area contributed by atoms with Gasteiger partial charge in [0.1, 0.15) is 5.82 Å². The van der Waals surface area contributed by atoms with E-state index in [0.717, 1.165) is 5.56 Å². The molecule has 1 aromatic carbocycles. The fourth-order valence-electron chi connectivity index (χ4n) is 1.78. The highest BCUT2D eigenvalue weighted by Crippen LogP contribution is 2.23. The van der Waals surface area contributed by atoms with Crippen LogP contribution >= 0.6 is 23.2 Å². The van der Waals surface area contributed by atoms with Crippen molar-refractivity contribution in [2.24, 2.45) is 0 Å². The van der Waals surface area contributed by atoms with Crippen molar-refractivity contribution in [2.45, 2.75) is 19.9 Å². The van der Waals surface area contributed by atoms with Crippen LogP contribution in [0.15, 0.2) is 36.5 Å². The zero-order valence-electron chi connectivity index (χ0n) is 11.7. The van der Waals surface area contributed by atoms with Crippen LogP contribution in [0, 0.1) is 0 Å². The third kappa shape index (κ3) is 4.09. The number of aromatic nitrogens is 2. The maximum atomic E-state index is 11.9. The Kier molecular flexibility index (Phi) is 5.04. The second kappa shape index (κ2) is 6.78. The highest BCUT2D eigenvalue weighted by molar-refractivity contribution is 6.42. The predicted molar refractivity (Wildman–Crippen MR) is 86.7 cm³/mol. The second-order valence-corrected chi connectivity index (χ2v) is 5.57. The molecule has 2 rings (SSSR count). The van der Waals surface area contributed by atoms with Crippen molar-refractivity contribution in [3.05, 3.63) is 52.1 Å². The van der Waals surface area contributed by atoms with E-state index in [2.05, 4.69) is 10.4 Å². The largest absolute Gasteiger partial charge is 0.307 e. The monoisotopic (exact) mass is 323 g/mol. The zero-order chi connectivity index (χ0) is 15.4. The molecule has 1 amide bonds. The van der Waals surface area contributed by atoms with Crippen molar-refractivity contribution in [3.63, 3.8) is 0 Å². The van der Waals surface area contributed by atoms with Crippen molar-refractivity contribution < 1.29 is 4.79 Å². The summed E-state index contributed by atoms with van der Waals surface area (Å²) in [7, 11) is 0. The van der Waals surface area contributed by atoms with Crippen LogP contribution in [0.3, 0.4) is 0 Å². The summed E-state index contributed by atoms with van der Waals surface area (Å²) in [5.74, 6) is 0.428. The van der Waals surface area contributed by atoms with Gasteiger partial charge in [0, 0.05) is 18.2 Å². The van der Waals surface area contributed by atoms with E-state index in [0.29, 0.717) is 15.9 Å². The van der Waals surface area contributed by atoms with Crippen molar-refractivity contribution in [1.29, 1.82) is 0 Å². The SMILES string of the molecule is CC(C)n1nccc1NC(=O)/C=C/c1ccc(Cl)c(Cl)c1. The highest BCUT2D eigenvalue weighted by atomic mass is 35.5. The van der Waals surface area contributed by atoms with Crippen LogP contribution < -0.4 is 5.32 Å². The summed E-state index contributed by atoms with van der Waals surface area (Å²) in [6.07, 6.45) is 4.77. The van der Waals surface area contributed by atoms with Crippen LogP contribution in [-0.2, 0) is 4.79 Å². The third-order valence-electron chi connectivity index (χ3n) is 2.78. The normalized spacial score (nSPS) is 11.3. The van der Waals surface area contributed by atoms with Crippen LogP contribution in [0.1, 0.15) is 25.5 Å². The third-order valence-corrected chi connectivity index (χ3v) is 3.52. The number of nitrogens with zero attached hydrogens (tertiary/aromatic N) is 2. The molecule has 4 nitrogen and oxygen atoms in total. The van der Waals surface area contributed by atoms with Crippen molar-refractivity contribution >= 4 is 41.0 Å². The van der Waals surface area contributed by atoms with Crippen LogP contribution in [0.5, 0.6) is 0 Å². The molecule has 0 radical (unpaired) electrons. The van der Waals surface area contributed by atoms with Crippen molar-refractivity contribution in [3.8, 4) is 0 Å². The molecule has 0 saturated carbocycles. The van der Waals surface area contributed by atoms with Gasteiger partial charge in [-0.25, -0.2) is 4.68 Å². The minimum absolute atomic E-state index is 0.175. The molecule has 0 atom stereocenters. The fraction of sp³-hybridized carbons (Fsp3) is 0.200. The average molecular weight is 324 g/mol. The number of hydrogen-bond acceptors (Lipinski definition) is 2. The van der Waals surface area contributed by atoms with Gasteiger partial charge in [0.05, 0.1) is 16.2 Å². The molecule has 21 heavy (non-hydrogen) atoms. The van der Waals surface area contributed by atoms with Gasteiger partial charge >= 0.3 is 0 Å². The topological polar surface area (TPSA) is 46.9 Å². The molecule has 1 heterocycles. The summed E-state index contributed by atoms with van der Waals surface area (Å²) in [5, 5.41) is 7.88. The van der Waals surface area contributed by atoms with Gasteiger partial charge in [-0.3, -0.25) is 4.79 Å². The van der Waals surface area contributed by atoms with Crippen LogP contribution in [0.25, 0.3) is 6.08 Å². The molecule has 0 fully saturated rings. The van der Waals surface area contributed by atoms with E-state index in [-0.39, 0.29) is 11.9 Å². The van der Waals surface area contributed by atoms with E-state index in [4.69, 9.17) is 23.2 Å². The number of carbonyl (C=O) groups excluding carboxylic acids is 1. The molecule has 1 N–H and O–H groups in total. The van der Waals surface area contributed by atoms with E-state index in [1.165, 1.54) is 6.08 Å². The fourth-order valence-corrected chi connectivity index (χ4v) is 2.09. The Morgan fingerprint density at radius 1 is 1.29 bits per heavy atom. The summed E-state index contributed by atoms with van der Waals surface area (Å²) in [6.45, 7) is 3.99. The lowest BCUT2D eigenvalue weighted by molar-refractivity contribution is -0.111. The Labute approximate surface area is 133 Å². The maximum absolute atomic E-state index is 11.9. The first-order chi connectivity index (χ1) is 9.97. The average Bonchev–Trinajstić information content (AvgIpc) is 2.88. The highest BCUT2D eigenvalue weighted by Gasteiger charge is 2.07. The lowest BCUT2D eigenvalue weighted by Crippen LogP contribution is -2.14. The van der Waals surface area contributed by atoms with Gasteiger partial charge in [-0.1, -0.05) is 29.3 Å². The first kappa shape index (κ1) is 15.6. The van der Waals surface area contributed by atoms with Crippen LogP contribution in [-0.4, -0.2) is 15.7 Å².